The molecular formula is C17H21N3O2. The fraction of sp³-hybridized carbons (Fsp3) is 0.412. The van der Waals surface area contributed by atoms with Crippen LogP contribution in [0.15, 0.2) is 36.7 Å². The Morgan fingerprint density at radius 2 is 2.09 bits per heavy atom. The molecule has 3 rings (SSSR count). The standard InChI is InChI=1S/C17H21N3O2/c1-12-9-18-20(10-12)16-5-3-14(4-6-16)17(22)19-8-7-15(11-19)13(2)21/h3-6,9-10,13,15,21H,7-8,11H2,1-2H3. The Morgan fingerprint density at radius 3 is 2.64 bits per heavy atom. The monoisotopic (exact) mass is 299 g/mol. The maximum Gasteiger partial charge on any atom is 0.253 e. The lowest BCUT2D eigenvalue weighted by Gasteiger charge is -2.18. The van der Waals surface area contributed by atoms with Crippen molar-refractivity contribution in [2.45, 2.75) is 26.4 Å². The molecule has 2 heterocycles. The second-order valence-corrected chi connectivity index (χ2v) is 6.05. The quantitative estimate of drug-likeness (QED) is 0.943. The number of carbonyl (C=O) groups is 1. The zero-order valence-corrected chi connectivity index (χ0v) is 12.9. The topological polar surface area (TPSA) is 58.4 Å². The van der Waals surface area contributed by atoms with Gasteiger partial charge in [-0.3, -0.25) is 4.79 Å². The van der Waals surface area contributed by atoms with Gasteiger partial charge in [-0.1, -0.05) is 0 Å². The molecule has 5 nitrogen and oxygen atoms in total. The Labute approximate surface area is 130 Å². The van der Waals surface area contributed by atoms with Gasteiger partial charge < -0.3 is 10.0 Å². The maximum atomic E-state index is 12.5. The molecule has 0 bridgehead atoms. The average molecular weight is 299 g/mol. The van der Waals surface area contributed by atoms with Crippen molar-refractivity contribution < 1.29 is 9.90 Å². The molecule has 5 heteroatoms. The molecule has 1 aliphatic rings. The number of rotatable bonds is 3. The van der Waals surface area contributed by atoms with Crippen molar-refractivity contribution in [1.82, 2.24) is 14.7 Å². The predicted molar refractivity (Wildman–Crippen MR) is 84.0 cm³/mol. The van der Waals surface area contributed by atoms with Gasteiger partial charge in [0.1, 0.15) is 0 Å². The zero-order chi connectivity index (χ0) is 15.7. The number of aliphatic hydroxyl groups is 1. The normalized spacial score (nSPS) is 19.4. The zero-order valence-electron chi connectivity index (χ0n) is 12.9. The smallest absolute Gasteiger partial charge is 0.253 e. The van der Waals surface area contributed by atoms with Crippen LogP contribution in [0.25, 0.3) is 5.69 Å². The molecule has 1 aromatic carbocycles. The fourth-order valence-corrected chi connectivity index (χ4v) is 2.86. The van der Waals surface area contributed by atoms with E-state index in [0.29, 0.717) is 18.7 Å². The fourth-order valence-electron chi connectivity index (χ4n) is 2.86. The lowest BCUT2D eigenvalue weighted by Crippen LogP contribution is -2.30. The van der Waals surface area contributed by atoms with Gasteiger partial charge in [0, 0.05) is 30.8 Å². The number of benzene rings is 1. The largest absolute Gasteiger partial charge is 0.393 e. The van der Waals surface area contributed by atoms with Crippen LogP contribution in [0.2, 0.25) is 0 Å². The van der Waals surface area contributed by atoms with E-state index in [4.69, 9.17) is 0 Å². The van der Waals surface area contributed by atoms with Crippen molar-refractivity contribution >= 4 is 5.91 Å². The first kappa shape index (κ1) is 14.8. The van der Waals surface area contributed by atoms with Crippen LogP contribution in [0.1, 0.15) is 29.3 Å². The van der Waals surface area contributed by atoms with Gasteiger partial charge in [-0.15, -0.1) is 0 Å². The van der Waals surface area contributed by atoms with Crippen LogP contribution in [0.3, 0.4) is 0 Å². The number of aliphatic hydroxyl groups excluding tert-OH is 1. The number of amides is 1. The number of aryl methyl sites for hydroxylation is 1. The lowest BCUT2D eigenvalue weighted by atomic mass is 10.0. The Morgan fingerprint density at radius 1 is 1.36 bits per heavy atom. The predicted octanol–water partition coefficient (Wildman–Crippen LogP) is 2.02. The van der Waals surface area contributed by atoms with E-state index < -0.39 is 0 Å². The Kier molecular flexibility index (Phi) is 3.98. The highest BCUT2D eigenvalue weighted by Crippen LogP contribution is 2.22. The molecule has 1 saturated heterocycles. The third kappa shape index (κ3) is 2.90. The van der Waals surface area contributed by atoms with Gasteiger partial charge in [-0.25, -0.2) is 4.68 Å². The molecule has 0 saturated carbocycles. The van der Waals surface area contributed by atoms with Crippen LogP contribution >= 0.6 is 0 Å². The second-order valence-electron chi connectivity index (χ2n) is 6.05. The van der Waals surface area contributed by atoms with Crippen molar-refractivity contribution in [1.29, 1.82) is 0 Å². The summed E-state index contributed by atoms with van der Waals surface area (Å²) in [6.45, 7) is 5.14. The maximum absolute atomic E-state index is 12.5. The third-order valence-electron chi connectivity index (χ3n) is 4.28. The molecule has 22 heavy (non-hydrogen) atoms. The minimum atomic E-state index is -0.358. The number of aromatic nitrogens is 2. The minimum Gasteiger partial charge on any atom is -0.393 e. The van der Waals surface area contributed by atoms with Gasteiger partial charge in [0.05, 0.1) is 18.0 Å². The molecule has 1 fully saturated rings. The molecule has 1 amide bonds. The van der Waals surface area contributed by atoms with E-state index in [-0.39, 0.29) is 17.9 Å². The van der Waals surface area contributed by atoms with Gasteiger partial charge in [-0.2, -0.15) is 5.10 Å². The number of hydrogen-bond acceptors (Lipinski definition) is 3. The number of likely N-dealkylation sites (tertiary alicyclic amines) is 1. The van der Waals surface area contributed by atoms with Crippen molar-refractivity contribution in [3.8, 4) is 5.69 Å². The van der Waals surface area contributed by atoms with E-state index in [2.05, 4.69) is 5.10 Å². The van der Waals surface area contributed by atoms with Gasteiger partial charge in [0.15, 0.2) is 0 Å². The summed E-state index contributed by atoms with van der Waals surface area (Å²) >= 11 is 0. The summed E-state index contributed by atoms with van der Waals surface area (Å²) in [5.74, 6) is 0.224. The van der Waals surface area contributed by atoms with E-state index in [0.717, 1.165) is 17.7 Å². The number of hydrogen-bond donors (Lipinski definition) is 1. The molecule has 1 aromatic heterocycles. The minimum absolute atomic E-state index is 0.0337. The van der Waals surface area contributed by atoms with Gasteiger partial charge in [0.2, 0.25) is 0 Å². The summed E-state index contributed by atoms with van der Waals surface area (Å²) in [5.41, 5.74) is 2.72. The summed E-state index contributed by atoms with van der Waals surface area (Å²) in [6.07, 6.45) is 4.26. The molecule has 0 spiro atoms. The van der Waals surface area contributed by atoms with E-state index in [9.17, 15) is 9.90 Å². The summed E-state index contributed by atoms with van der Waals surface area (Å²) < 4.78 is 1.79. The van der Waals surface area contributed by atoms with Gasteiger partial charge in [-0.05, 0) is 50.1 Å². The van der Waals surface area contributed by atoms with Crippen molar-refractivity contribution in [3.05, 3.63) is 47.8 Å². The first-order valence-corrected chi connectivity index (χ1v) is 7.63. The summed E-state index contributed by atoms with van der Waals surface area (Å²) in [7, 11) is 0. The highest BCUT2D eigenvalue weighted by Gasteiger charge is 2.29. The molecule has 0 radical (unpaired) electrons. The Bertz CT molecular complexity index is 661. The third-order valence-corrected chi connectivity index (χ3v) is 4.28. The highest BCUT2D eigenvalue weighted by atomic mass is 16.3. The average Bonchev–Trinajstić information content (AvgIpc) is 3.16. The van der Waals surface area contributed by atoms with Crippen LogP contribution in [-0.4, -0.2) is 44.9 Å². The van der Waals surface area contributed by atoms with Gasteiger partial charge in [0.25, 0.3) is 5.91 Å². The first-order chi connectivity index (χ1) is 10.5. The number of nitrogens with zero attached hydrogens (tertiary/aromatic N) is 3. The number of carbonyl (C=O) groups excluding carboxylic acids is 1. The lowest BCUT2D eigenvalue weighted by molar-refractivity contribution is 0.0762. The Hall–Kier alpha value is -2.14. The first-order valence-electron chi connectivity index (χ1n) is 7.63. The van der Waals surface area contributed by atoms with E-state index in [1.54, 1.807) is 17.8 Å². The van der Waals surface area contributed by atoms with Crippen LogP contribution in [0, 0.1) is 12.8 Å². The van der Waals surface area contributed by atoms with E-state index in [1.807, 2.05) is 42.3 Å². The molecule has 1 aliphatic heterocycles. The summed E-state index contributed by atoms with van der Waals surface area (Å²) in [4.78, 5) is 14.3. The van der Waals surface area contributed by atoms with Crippen LogP contribution < -0.4 is 0 Å². The molecule has 2 atom stereocenters. The second kappa shape index (κ2) is 5.93. The molecule has 1 N–H and O–H groups in total. The highest BCUT2D eigenvalue weighted by molar-refractivity contribution is 5.94. The van der Waals surface area contributed by atoms with Crippen LogP contribution in [0.4, 0.5) is 0 Å². The molecule has 116 valence electrons. The molecule has 2 unspecified atom stereocenters. The van der Waals surface area contributed by atoms with Gasteiger partial charge >= 0.3 is 0 Å². The summed E-state index contributed by atoms with van der Waals surface area (Å²) in [6, 6.07) is 7.48. The SMILES string of the molecule is Cc1cnn(-c2ccc(C(=O)N3CCC(C(C)O)C3)cc2)c1. The van der Waals surface area contributed by atoms with Crippen molar-refractivity contribution in [2.75, 3.05) is 13.1 Å². The van der Waals surface area contributed by atoms with Crippen LogP contribution in [0.5, 0.6) is 0 Å². The van der Waals surface area contributed by atoms with E-state index in [1.165, 1.54) is 0 Å². The summed E-state index contributed by atoms with van der Waals surface area (Å²) in [5, 5.41) is 13.9. The molecule has 2 aromatic rings. The Balaban J connectivity index is 1.72. The molecular weight excluding hydrogens is 278 g/mol. The molecule has 0 aliphatic carbocycles. The van der Waals surface area contributed by atoms with Crippen LogP contribution in [-0.2, 0) is 0 Å². The van der Waals surface area contributed by atoms with Crippen molar-refractivity contribution in [2.24, 2.45) is 5.92 Å². The van der Waals surface area contributed by atoms with Crippen molar-refractivity contribution in [3.63, 3.8) is 0 Å². The van der Waals surface area contributed by atoms with E-state index >= 15 is 0 Å².